The van der Waals surface area contributed by atoms with Crippen LogP contribution in [0, 0.1) is 0 Å². The predicted octanol–water partition coefficient (Wildman–Crippen LogP) is 2.00. The molecule has 2 aromatic heterocycles. The van der Waals surface area contributed by atoms with Crippen molar-refractivity contribution in [2.24, 2.45) is 7.05 Å². The maximum atomic E-state index is 11.2. The number of aromatic amines is 1. The number of fused-ring (bicyclic) bond motifs is 1. The molecule has 0 aliphatic carbocycles. The van der Waals surface area contributed by atoms with Crippen LogP contribution in [0.4, 0.5) is 0 Å². The summed E-state index contributed by atoms with van der Waals surface area (Å²) in [4.78, 5) is 13.8. The highest BCUT2D eigenvalue weighted by molar-refractivity contribution is 9.10. The molecule has 0 saturated heterocycles. The molecule has 0 saturated carbocycles. The SMILES string of the molecule is CNCc1c(Br)c(-c2ccc3oc(=O)[nH]c3c2)nn1C. The normalized spacial score (nSPS) is 11.3. The number of rotatable bonds is 3. The lowest BCUT2D eigenvalue weighted by Gasteiger charge is -2.00. The van der Waals surface area contributed by atoms with Gasteiger partial charge in [-0.2, -0.15) is 5.10 Å². The summed E-state index contributed by atoms with van der Waals surface area (Å²) in [6.45, 7) is 0.717. The molecule has 0 aliphatic heterocycles. The Morgan fingerprint density at radius 2 is 2.30 bits per heavy atom. The maximum absolute atomic E-state index is 11.2. The van der Waals surface area contributed by atoms with Crippen LogP contribution in [0.15, 0.2) is 31.9 Å². The summed E-state index contributed by atoms with van der Waals surface area (Å²) < 4.78 is 7.77. The standard InChI is InChI=1S/C13H13BrN4O2/c1-15-6-9-11(14)12(17-18(9)2)7-3-4-10-8(5-7)16-13(19)20-10/h3-5,15H,6H2,1-2H3,(H,16,19). The first kappa shape index (κ1) is 13.1. The van der Waals surface area contributed by atoms with Crippen molar-refractivity contribution in [3.8, 4) is 11.3 Å². The second-order valence-corrected chi connectivity index (χ2v) is 5.28. The smallest absolute Gasteiger partial charge is 0.408 e. The number of halogens is 1. The van der Waals surface area contributed by atoms with Gasteiger partial charge in [0.05, 0.1) is 15.7 Å². The van der Waals surface area contributed by atoms with Crippen molar-refractivity contribution in [3.05, 3.63) is 38.9 Å². The summed E-state index contributed by atoms with van der Waals surface area (Å²) in [5.74, 6) is -0.451. The van der Waals surface area contributed by atoms with Crippen LogP contribution in [-0.2, 0) is 13.6 Å². The van der Waals surface area contributed by atoms with E-state index in [9.17, 15) is 4.79 Å². The van der Waals surface area contributed by atoms with E-state index in [2.05, 4.69) is 31.3 Å². The fourth-order valence-electron chi connectivity index (χ4n) is 2.18. The van der Waals surface area contributed by atoms with Gasteiger partial charge in [-0.3, -0.25) is 9.67 Å². The van der Waals surface area contributed by atoms with E-state index >= 15 is 0 Å². The van der Waals surface area contributed by atoms with E-state index in [1.807, 2.05) is 30.9 Å². The molecule has 0 spiro atoms. The van der Waals surface area contributed by atoms with Crippen LogP contribution in [0.25, 0.3) is 22.4 Å². The van der Waals surface area contributed by atoms with E-state index in [0.717, 1.165) is 28.0 Å². The Hall–Kier alpha value is -1.86. The number of aromatic nitrogens is 3. The van der Waals surface area contributed by atoms with Gasteiger partial charge in [-0.05, 0) is 41.2 Å². The van der Waals surface area contributed by atoms with Gasteiger partial charge in [-0.15, -0.1) is 0 Å². The van der Waals surface area contributed by atoms with Crippen molar-refractivity contribution in [3.63, 3.8) is 0 Å². The van der Waals surface area contributed by atoms with Gasteiger partial charge in [0, 0.05) is 19.2 Å². The Kier molecular flexibility index (Phi) is 3.23. The molecule has 0 atom stereocenters. The molecule has 2 heterocycles. The number of aryl methyl sites for hydroxylation is 1. The Morgan fingerprint density at radius 3 is 3.05 bits per heavy atom. The van der Waals surface area contributed by atoms with E-state index < -0.39 is 5.76 Å². The highest BCUT2D eigenvalue weighted by Crippen LogP contribution is 2.31. The summed E-state index contributed by atoms with van der Waals surface area (Å²) in [7, 11) is 3.79. The van der Waals surface area contributed by atoms with E-state index in [4.69, 9.17) is 4.42 Å². The summed E-state index contributed by atoms with van der Waals surface area (Å²) in [5, 5.41) is 7.63. The number of oxazole rings is 1. The molecular formula is C13H13BrN4O2. The van der Waals surface area contributed by atoms with Crippen molar-refractivity contribution < 1.29 is 4.42 Å². The van der Waals surface area contributed by atoms with Gasteiger partial charge in [-0.1, -0.05) is 0 Å². The first-order valence-corrected chi connectivity index (χ1v) is 6.88. The average molecular weight is 337 g/mol. The van der Waals surface area contributed by atoms with Crippen LogP contribution in [0.1, 0.15) is 5.69 Å². The molecule has 0 amide bonds. The summed E-state index contributed by atoms with van der Waals surface area (Å²) in [5.41, 5.74) is 4.02. The second-order valence-electron chi connectivity index (χ2n) is 4.49. The molecular weight excluding hydrogens is 324 g/mol. The zero-order valence-electron chi connectivity index (χ0n) is 11.0. The molecule has 0 aliphatic rings. The van der Waals surface area contributed by atoms with Crippen molar-refractivity contribution in [1.29, 1.82) is 0 Å². The highest BCUT2D eigenvalue weighted by Gasteiger charge is 2.15. The van der Waals surface area contributed by atoms with E-state index in [1.54, 1.807) is 6.07 Å². The van der Waals surface area contributed by atoms with Crippen LogP contribution in [-0.4, -0.2) is 21.8 Å². The number of H-pyrrole nitrogens is 1. The van der Waals surface area contributed by atoms with Gasteiger partial charge in [0.2, 0.25) is 0 Å². The molecule has 2 N–H and O–H groups in total. The molecule has 0 unspecified atom stereocenters. The lowest BCUT2D eigenvalue weighted by molar-refractivity contribution is 0.555. The molecule has 0 bridgehead atoms. The van der Waals surface area contributed by atoms with Crippen molar-refractivity contribution in [2.45, 2.75) is 6.54 Å². The number of nitrogens with zero attached hydrogens (tertiary/aromatic N) is 2. The second kappa shape index (κ2) is 4.92. The third-order valence-corrected chi connectivity index (χ3v) is 3.97. The molecule has 3 aromatic rings. The molecule has 104 valence electrons. The molecule has 0 fully saturated rings. The molecule has 6 nitrogen and oxygen atoms in total. The van der Waals surface area contributed by atoms with Crippen molar-refractivity contribution in [1.82, 2.24) is 20.1 Å². The van der Waals surface area contributed by atoms with Crippen molar-refractivity contribution in [2.75, 3.05) is 7.05 Å². The van der Waals surface area contributed by atoms with Crippen LogP contribution < -0.4 is 11.1 Å². The number of hydrogen-bond donors (Lipinski definition) is 2. The largest absolute Gasteiger partial charge is 0.417 e. The Labute approximate surface area is 122 Å². The quantitative estimate of drug-likeness (QED) is 0.767. The Balaban J connectivity index is 2.15. The average Bonchev–Trinajstić information content (AvgIpc) is 2.91. The minimum Gasteiger partial charge on any atom is -0.408 e. The Bertz CT molecular complexity index is 831. The predicted molar refractivity (Wildman–Crippen MR) is 79.5 cm³/mol. The van der Waals surface area contributed by atoms with E-state index in [1.165, 1.54) is 0 Å². The maximum Gasteiger partial charge on any atom is 0.417 e. The lowest BCUT2D eigenvalue weighted by Crippen LogP contribution is -2.10. The molecule has 3 rings (SSSR count). The first-order chi connectivity index (χ1) is 9.60. The summed E-state index contributed by atoms with van der Waals surface area (Å²) >= 11 is 3.59. The van der Waals surface area contributed by atoms with Gasteiger partial charge in [0.25, 0.3) is 0 Å². The van der Waals surface area contributed by atoms with E-state index in [0.29, 0.717) is 11.1 Å². The molecule has 7 heteroatoms. The molecule has 1 aromatic carbocycles. The minimum absolute atomic E-state index is 0.451. The van der Waals surface area contributed by atoms with Crippen molar-refractivity contribution >= 4 is 27.0 Å². The third kappa shape index (κ3) is 2.08. The van der Waals surface area contributed by atoms with Crippen LogP contribution in [0.5, 0.6) is 0 Å². The van der Waals surface area contributed by atoms with Gasteiger partial charge in [0.15, 0.2) is 5.58 Å². The summed E-state index contributed by atoms with van der Waals surface area (Å²) in [6, 6.07) is 5.51. The lowest BCUT2D eigenvalue weighted by atomic mass is 10.1. The first-order valence-electron chi connectivity index (χ1n) is 6.09. The zero-order chi connectivity index (χ0) is 14.3. The van der Waals surface area contributed by atoms with Crippen LogP contribution in [0.2, 0.25) is 0 Å². The summed E-state index contributed by atoms with van der Waals surface area (Å²) in [6.07, 6.45) is 0. The van der Waals surface area contributed by atoms with Crippen LogP contribution >= 0.6 is 15.9 Å². The van der Waals surface area contributed by atoms with Gasteiger partial charge >= 0.3 is 5.76 Å². The minimum atomic E-state index is -0.451. The molecule has 20 heavy (non-hydrogen) atoms. The zero-order valence-corrected chi connectivity index (χ0v) is 12.6. The number of nitrogens with one attached hydrogen (secondary N) is 2. The highest BCUT2D eigenvalue weighted by atomic mass is 79.9. The Morgan fingerprint density at radius 1 is 1.50 bits per heavy atom. The van der Waals surface area contributed by atoms with Gasteiger partial charge in [-0.25, -0.2) is 4.79 Å². The van der Waals surface area contributed by atoms with Crippen LogP contribution in [0.3, 0.4) is 0 Å². The fourth-order valence-corrected chi connectivity index (χ4v) is 2.88. The third-order valence-electron chi connectivity index (χ3n) is 3.14. The van der Waals surface area contributed by atoms with Gasteiger partial charge in [0.1, 0.15) is 5.69 Å². The number of hydrogen-bond acceptors (Lipinski definition) is 4. The van der Waals surface area contributed by atoms with E-state index in [-0.39, 0.29) is 0 Å². The monoisotopic (exact) mass is 336 g/mol. The number of benzene rings is 1. The molecule has 0 radical (unpaired) electrons. The fraction of sp³-hybridized carbons (Fsp3) is 0.231. The van der Waals surface area contributed by atoms with Gasteiger partial charge < -0.3 is 9.73 Å². The topological polar surface area (TPSA) is 75.8 Å².